The average molecular weight is 397 g/mol. The lowest BCUT2D eigenvalue weighted by Gasteiger charge is -2.23. The van der Waals surface area contributed by atoms with E-state index in [1.165, 1.54) is 32.1 Å². The van der Waals surface area contributed by atoms with Crippen LogP contribution in [-0.4, -0.2) is 32.6 Å². The van der Waals surface area contributed by atoms with Crippen LogP contribution in [0.2, 0.25) is 10.0 Å². The zero-order valence-electron chi connectivity index (χ0n) is 14.5. The van der Waals surface area contributed by atoms with Gasteiger partial charge in [0.05, 0.1) is 30.6 Å². The van der Waals surface area contributed by atoms with E-state index in [2.05, 4.69) is 5.32 Å². The smallest absolute Gasteiger partial charge is 0.244 e. The van der Waals surface area contributed by atoms with Crippen molar-refractivity contribution in [3.63, 3.8) is 0 Å². The summed E-state index contributed by atoms with van der Waals surface area (Å²) >= 11 is 11.9. The van der Waals surface area contributed by atoms with Crippen molar-refractivity contribution in [3.8, 4) is 11.5 Å². The van der Waals surface area contributed by atoms with E-state index in [1.807, 2.05) is 0 Å². The van der Waals surface area contributed by atoms with E-state index in [4.69, 9.17) is 32.7 Å². The number of nitrogens with zero attached hydrogens (tertiary/aromatic N) is 1. The quantitative estimate of drug-likeness (QED) is 0.800. The van der Waals surface area contributed by atoms with Crippen molar-refractivity contribution in [1.29, 1.82) is 0 Å². The number of carbonyl (C=O) groups is 2. The highest BCUT2D eigenvalue weighted by Gasteiger charge is 2.20. The third-order valence-corrected chi connectivity index (χ3v) is 4.11. The highest BCUT2D eigenvalue weighted by atomic mass is 35.5. The summed E-state index contributed by atoms with van der Waals surface area (Å²) in [4.78, 5) is 25.8. The van der Waals surface area contributed by atoms with E-state index >= 15 is 0 Å². The number of halogens is 2. The first kappa shape index (κ1) is 19.9. The van der Waals surface area contributed by atoms with Crippen LogP contribution in [0, 0.1) is 0 Å². The van der Waals surface area contributed by atoms with Crippen molar-refractivity contribution in [1.82, 2.24) is 0 Å². The van der Waals surface area contributed by atoms with Crippen LogP contribution in [0.4, 0.5) is 11.4 Å². The predicted molar refractivity (Wildman–Crippen MR) is 103 cm³/mol. The molecule has 0 aliphatic carbocycles. The lowest BCUT2D eigenvalue weighted by atomic mass is 10.2. The lowest BCUT2D eigenvalue weighted by molar-refractivity contribution is -0.120. The van der Waals surface area contributed by atoms with Crippen LogP contribution in [0.25, 0.3) is 0 Å². The van der Waals surface area contributed by atoms with Crippen LogP contribution in [0.5, 0.6) is 11.5 Å². The van der Waals surface area contributed by atoms with E-state index < -0.39 is 5.91 Å². The molecule has 6 nitrogen and oxygen atoms in total. The van der Waals surface area contributed by atoms with Crippen molar-refractivity contribution in [2.45, 2.75) is 6.92 Å². The standard InChI is InChI=1S/C18H18Cl2N2O4/c1-11(23)22(16-7-5-13(25-2)9-17(16)26-3)10-18(24)21-15-6-4-12(19)8-14(15)20/h4-9H,10H2,1-3H3,(H,21,24). The van der Waals surface area contributed by atoms with Crippen molar-refractivity contribution >= 4 is 46.4 Å². The second kappa shape index (κ2) is 8.78. The molecule has 2 aromatic carbocycles. The summed E-state index contributed by atoms with van der Waals surface area (Å²) in [6, 6.07) is 9.70. The number of nitrogens with one attached hydrogen (secondary N) is 1. The van der Waals surface area contributed by atoms with Gasteiger partial charge in [0.15, 0.2) is 0 Å². The molecule has 1 N–H and O–H groups in total. The molecular formula is C18H18Cl2N2O4. The van der Waals surface area contributed by atoms with Gasteiger partial charge in [-0.3, -0.25) is 14.5 Å². The number of amides is 2. The summed E-state index contributed by atoms with van der Waals surface area (Å²) < 4.78 is 10.5. The van der Waals surface area contributed by atoms with Crippen molar-refractivity contribution in [3.05, 3.63) is 46.4 Å². The lowest BCUT2D eigenvalue weighted by Crippen LogP contribution is -2.37. The van der Waals surface area contributed by atoms with Crippen LogP contribution in [-0.2, 0) is 9.59 Å². The Hall–Kier alpha value is -2.44. The molecule has 0 heterocycles. The van der Waals surface area contributed by atoms with E-state index in [0.717, 1.165) is 0 Å². The number of anilines is 2. The van der Waals surface area contributed by atoms with Gasteiger partial charge >= 0.3 is 0 Å². The molecule has 0 aliphatic rings. The molecule has 2 rings (SSSR count). The number of carbonyl (C=O) groups excluding carboxylic acids is 2. The fourth-order valence-electron chi connectivity index (χ4n) is 2.30. The number of ether oxygens (including phenoxy) is 2. The average Bonchev–Trinajstić information content (AvgIpc) is 2.61. The Morgan fingerprint density at radius 1 is 1.08 bits per heavy atom. The van der Waals surface area contributed by atoms with Crippen LogP contribution < -0.4 is 19.7 Å². The fraction of sp³-hybridized carbons (Fsp3) is 0.222. The molecule has 0 atom stereocenters. The Balaban J connectivity index is 2.23. The third-order valence-electron chi connectivity index (χ3n) is 3.56. The van der Waals surface area contributed by atoms with Gasteiger partial charge in [0.25, 0.3) is 0 Å². The summed E-state index contributed by atoms with van der Waals surface area (Å²) in [6.07, 6.45) is 0. The number of hydrogen-bond donors (Lipinski definition) is 1. The SMILES string of the molecule is COc1ccc(N(CC(=O)Nc2ccc(Cl)cc2Cl)C(C)=O)c(OC)c1. The molecule has 0 unspecified atom stereocenters. The van der Waals surface area contributed by atoms with Crippen LogP contribution in [0.15, 0.2) is 36.4 Å². The highest BCUT2D eigenvalue weighted by molar-refractivity contribution is 6.36. The van der Waals surface area contributed by atoms with Gasteiger partial charge in [-0.2, -0.15) is 0 Å². The number of hydrogen-bond acceptors (Lipinski definition) is 4. The van der Waals surface area contributed by atoms with Gasteiger partial charge in [0.2, 0.25) is 11.8 Å². The third kappa shape index (κ3) is 4.80. The van der Waals surface area contributed by atoms with Crippen LogP contribution >= 0.6 is 23.2 Å². The van der Waals surface area contributed by atoms with Gasteiger partial charge in [0.1, 0.15) is 18.0 Å². The normalized spacial score (nSPS) is 10.2. The van der Waals surface area contributed by atoms with E-state index in [1.54, 1.807) is 30.3 Å². The largest absolute Gasteiger partial charge is 0.497 e. The molecule has 0 fully saturated rings. The second-order valence-corrected chi connectivity index (χ2v) is 6.16. The fourth-order valence-corrected chi connectivity index (χ4v) is 2.75. The topological polar surface area (TPSA) is 67.9 Å². The Labute approximate surface area is 161 Å². The van der Waals surface area contributed by atoms with Crippen LogP contribution in [0.1, 0.15) is 6.92 Å². The summed E-state index contributed by atoms with van der Waals surface area (Å²) in [6.45, 7) is 1.16. The predicted octanol–water partition coefficient (Wildman–Crippen LogP) is 4.00. The molecule has 0 saturated carbocycles. The summed E-state index contributed by atoms with van der Waals surface area (Å²) in [5.41, 5.74) is 0.865. The molecule has 8 heteroatoms. The number of methoxy groups -OCH3 is 2. The first-order valence-electron chi connectivity index (χ1n) is 7.60. The summed E-state index contributed by atoms with van der Waals surface area (Å²) in [5, 5.41) is 3.43. The zero-order chi connectivity index (χ0) is 19.3. The Morgan fingerprint density at radius 2 is 1.81 bits per heavy atom. The molecule has 0 aliphatic heterocycles. The minimum Gasteiger partial charge on any atom is -0.497 e. The molecule has 26 heavy (non-hydrogen) atoms. The zero-order valence-corrected chi connectivity index (χ0v) is 16.0. The van der Waals surface area contributed by atoms with Gasteiger partial charge in [-0.15, -0.1) is 0 Å². The van der Waals surface area contributed by atoms with E-state index in [-0.39, 0.29) is 12.5 Å². The Kier molecular flexibility index (Phi) is 6.71. The molecular weight excluding hydrogens is 379 g/mol. The van der Waals surface area contributed by atoms with Crippen LogP contribution in [0.3, 0.4) is 0 Å². The molecule has 2 aromatic rings. The minimum absolute atomic E-state index is 0.211. The van der Waals surface area contributed by atoms with Crippen molar-refractivity contribution in [2.24, 2.45) is 0 Å². The molecule has 2 amide bonds. The van der Waals surface area contributed by atoms with Gasteiger partial charge in [-0.05, 0) is 30.3 Å². The van der Waals surface area contributed by atoms with Gasteiger partial charge in [0, 0.05) is 18.0 Å². The maximum atomic E-state index is 12.4. The van der Waals surface area contributed by atoms with Gasteiger partial charge < -0.3 is 14.8 Å². The molecule has 138 valence electrons. The molecule has 0 radical (unpaired) electrons. The molecule has 0 aromatic heterocycles. The van der Waals surface area contributed by atoms with E-state index in [0.29, 0.717) is 32.9 Å². The van der Waals surface area contributed by atoms with Crippen molar-refractivity contribution in [2.75, 3.05) is 31.0 Å². The maximum Gasteiger partial charge on any atom is 0.244 e. The van der Waals surface area contributed by atoms with Crippen molar-refractivity contribution < 1.29 is 19.1 Å². The molecule has 0 saturated heterocycles. The molecule has 0 spiro atoms. The molecule has 0 bridgehead atoms. The number of rotatable bonds is 6. The van der Waals surface area contributed by atoms with E-state index in [9.17, 15) is 9.59 Å². The number of benzene rings is 2. The summed E-state index contributed by atoms with van der Waals surface area (Å²) in [5.74, 6) is 0.261. The van der Waals surface area contributed by atoms with Gasteiger partial charge in [-0.25, -0.2) is 0 Å². The second-order valence-electron chi connectivity index (χ2n) is 5.32. The minimum atomic E-state index is -0.415. The first-order valence-corrected chi connectivity index (χ1v) is 8.36. The summed E-state index contributed by atoms with van der Waals surface area (Å²) in [7, 11) is 3.00. The first-order chi connectivity index (χ1) is 12.3. The Bertz CT molecular complexity index is 827. The Morgan fingerprint density at radius 3 is 2.38 bits per heavy atom. The highest BCUT2D eigenvalue weighted by Crippen LogP contribution is 2.32. The monoisotopic (exact) mass is 396 g/mol. The van der Waals surface area contributed by atoms with Gasteiger partial charge in [-0.1, -0.05) is 23.2 Å². The maximum absolute atomic E-state index is 12.4.